The molecule has 0 unspecified atom stereocenters. The van der Waals surface area contributed by atoms with E-state index in [0.29, 0.717) is 27.5 Å². The minimum Gasteiger partial charge on any atom is -0.497 e. The number of thiophene rings is 1. The molecule has 10 heteroatoms. The highest BCUT2D eigenvalue weighted by Crippen LogP contribution is 2.31. The van der Waals surface area contributed by atoms with Gasteiger partial charge < -0.3 is 19.4 Å². The molecule has 0 aliphatic heterocycles. The van der Waals surface area contributed by atoms with E-state index in [9.17, 15) is 9.59 Å². The number of nitrogens with zero attached hydrogens (tertiary/aromatic N) is 3. The van der Waals surface area contributed by atoms with Gasteiger partial charge >= 0.3 is 5.97 Å². The van der Waals surface area contributed by atoms with Crippen LogP contribution in [0.4, 0.5) is 5.00 Å². The number of aromatic nitrogens is 3. The predicted molar refractivity (Wildman–Crippen MR) is 131 cm³/mol. The van der Waals surface area contributed by atoms with Crippen LogP contribution in [-0.2, 0) is 23.0 Å². The van der Waals surface area contributed by atoms with Gasteiger partial charge in [0.15, 0.2) is 11.0 Å². The number of hydrogen-bond acceptors (Lipinski definition) is 8. The number of carbonyl (C=O) groups is 2. The van der Waals surface area contributed by atoms with Gasteiger partial charge in [-0.25, -0.2) is 4.79 Å². The molecule has 0 saturated heterocycles. The Morgan fingerprint density at radius 2 is 2.06 bits per heavy atom. The Morgan fingerprint density at radius 3 is 2.76 bits per heavy atom. The fourth-order valence-electron chi connectivity index (χ4n) is 3.25. The second-order valence-electron chi connectivity index (χ2n) is 7.72. The molecule has 1 aromatic carbocycles. The summed E-state index contributed by atoms with van der Waals surface area (Å²) in [5.74, 6) is 1.28. The number of thioether (sulfide) groups is 1. The summed E-state index contributed by atoms with van der Waals surface area (Å²) in [6.07, 6.45) is 0.737. The summed E-state index contributed by atoms with van der Waals surface area (Å²) in [5.41, 5.74) is 2.22. The second kappa shape index (κ2) is 11.3. The van der Waals surface area contributed by atoms with Gasteiger partial charge in [-0.05, 0) is 42.3 Å². The van der Waals surface area contributed by atoms with Crippen molar-refractivity contribution in [2.75, 3.05) is 24.8 Å². The number of hydrogen-bond donors (Lipinski definition) is 1. The van der Waals surface area contributed by atoms with Gasteiger partial charge in [-0.15, -0.1) is 21.5 Å². The van der Waals surface area contributed by atoms with E-state index in [4.69, 9.17) is 9.47 Å². The van der Waals surface area contributed by atoms with Crippen molar-refractivity contribution in [3.05, 3.63) is 40.8 Å². The minimum atomic E-state index is -0.409. The molecule has 1 N–H and O–H groups in total. The molecule has 2 heterocycles. The van der Waals surface area contributed by atoms with Crippen LogP contribution in [0.2, 0.25) is 0 Å². The Kier molecular flexibility index (Phi) is 8.51. The first kappa shape index (κ1) is 24.8. The van der Waals surface area contributed by atoms with Crippen LogP contribution in [0.25, 0.3) is 11.4 Å². The van der Waals surface area contributed by atoms with E-state index in [1.165, 1.54) is 23.1 Å². The Bertz CT molecular complexity index is 1120. The van der Waals surface area contributed by atoms with E-state index >= 15 is 0 Å². The SMILES string of the molecule is CCOC(=O)c1c(CC(C)C)csc1NC(=O)CSc1nnc(-c2cccc(OC)c2)n1C. The predicted octanol–water partition coefficient (Wildman–Crippen LogP) is 4.66. The van der Waals surface area contributed by atoms with Crippen LogP contribution in [0.1, 0.15) is 36.7 Å². The molecule has 0 aliphatic carbocycles. The van der Waals surface area contributed by atoms with E-state index in [2.05, 4.69) is 29.4 Å². The molecule has 0 spiro atoms. The first-order valence-corrected chi connectivity index (χ1v) is 12.4. The van der Waals surface area contributed by atoms with Crippen molar-refractivity contribution in [3.63, 3.8) is 0 Å². The molecule has 3 aromatic rings. The van der Waals surface area contributed by atoms with Crippen molar-refractivity contribution < 1.29 is 19.1 Å². The number of nitrogens with one attached hydrogen (secondary N) is 1. The van der Waals surface area contributed by atoms with Crippen LogP contribution in [0, 0.1) is 5.92 Å². The van der Waals surface area contributed by atoms with Gasteiger partial charge in [0, 0.05) is 12.6 Å². The highest BCUT2D eigenvalue weighted by Gasteiger charge is 2.22. The Morgan fingerprint density at radius 1 is 1.27 bits per heavy atom. The van der Waals surface area contributed by atoms with Crippen molar-refractivity contribution in [1.82, 2.24) is 14.8 Å². The third-order valence-corrected chi connectivity index (χ3v) is 6.69. The third kappa shape index (κ3) is 6.14. The zero-order valence-electron chi connectivity index (χ0n) is 19.4. The zero-order valence-corrected chi connectivity index (χ0v) is 21.0. The molecule has 0 fully saturated rings. The highest BCUT2D eigenvalue weighted by molar-refractivity contribution is 7.99. The van der Waals surface area contributed by atoms with Gasteiger partial charge in [0.1, 0.15) is 10.8 Å². The maximum Gasteiger partial charge on any atom is 0.341 e. The van der Waals surface area contributed by atoms with E-state index in [-0.39, 0.29) is 18.3 Å². The number of carbonyl (C=O) groups excluding carboxylic acids is 2. The first-order chi connectivity index (χ1) is 15.8. The average Bonchev–Trinajstić information content (AvgIpc) is 3.35. The molecule has 2 aromatic heterocycles. The van der Waals surface area contributed by atoms with Crippen LogP contribution in [0.3, 0.4) is 0 Å². The molecule has 8 nitrogen and oxygen atoms in total. The van der Waals surface area contributed by atoms with E-state index in [1.807, 2.05) is 41.3 Å². The van der Waals surface area contributed by atoms with Crippen molar-refractivity contribution in [2.45, 2.75) is 32.3 Å². The molecule has 0 radical (unpaired) electrons. The molecule has 3 rings (SSSR count). The molecular weight excluding hydrogens is 460 g/mol. The normalized spacial score (nSPS) is 11.0. The summed E-state index contributed by atoms with van der Waals surface area (Å²) >= 11 is 2.62. The number of rotatable bonds is 10. The van der Waals surface area contributed by atoms with Crippen LogP contribution < -0.4 is 10.1 Å². The summed E-state index contributed by atoms with van der Waals surface area (Å²) < 4.78 is 12.3. The standard InChI is InChI=1S/C23H28N4O4S2/c1-6-31-22(29)19-16(10-14(2)3)12-32-21(19)24-18(28)13-33-23-26-25-20(27(23)4)15-8-7-9-17(11-15)30-5/h7-9,11-12,14H,6,10,13H2,1-5H3,(H,24,28). The minimum absolute atomic E-state index is 0.129. The number of esters is 1. The van der Waals surface area contributed by atoms with Gasteiger partial charge in [-0.2, -0.15) is 0 Å². The van der Waals surface area contributed by atoms with Crippen molar-refractivity contribution in [3.8, 4) is 17.1 Å². The lowest BCUT2D eigenvalue weighted by molar-refractivity contribution is -0.113. The smallest absolute Gasteiger partial charge is 0.341 e. The fourth-order valence-corrected chi connectivity index (χ4v) is 4.94. The molecule has 33 heavy (non-hydrogen) atoms. The maximum absolute atomic E-state index is 12.7. The number of ether oxygens (including phenoxy) is 2. The third-order valence-electron chi connectivity index (χ3n) is 4.72. The molecule has 1 amide bonds. The Labute approximate surface area is 201 Å². The lowest BCUT2D eigenvalue weighted by atomic mass is 10.0. The molecule has 0 saturated carbocycles. The van der Waals surface area contributed by atoms with Crippen molar-refractivity contribution >= 4 is 40.0 Å². The Hall–Kier alpha value is -2.85. The summed E-state index contributed by atoms with van der Waals surface area (Å²) in [4.78, 5) is 25.2. The molecule has 0 bridgehead atoms. The van der Waals surface area contributed by atoms with Crippen LogP contribution >= 0.6 is 23.1 Å². The summed E-state index contributed by atoms with van der Waals surface area (Å²) in [7, 11) is 3.47. The monoisotopic (exact) mass is 488 g/mol. The van der Waals surface area contributed by atoms with Gasteiger partial charge in [-0.1, -0.05) is 37.7 Å². The van der Waals surface area contributed by atoms with Crippen LogP contribution in [0.5, 0.6) is 5.75 Å². The quantitative estimate of drug-likeness (QED) is 0.328. The Balaban J connectivity index is 1.69. The lowest BCUT2D eigenvalue weighted by Gasteiger charge is -2.10. The van der Waals surface area contributed by atoms with Gasteiger partial charge in [0.05, 0.1) is 25.0 Å². The fraction of sp³-hybridized carbons (Fsp3) is 0.391. The molecule has 0 aliphatic rings. The largest absolute Gasteiger partial charge is 0.497 e. The van der Waals surface area contributed by atoms with Crippen molar-refractivity contribution in [2.24, 2.45) is 13.0 Å². The lowest BCUT2D eigenvalue weighted by Crippen LogP contribution is -2.17. The maximum atomic E-state index is 12.7. The topological polar surface area (TPSA) is 95.3 Å². The van der Waals surface area contributed by atoms with Gasteiger partial charge in [-0.3, -0.25) is 4.79 Å². The number of amides is 1. The molecular formula is C23H28N4O4S2. The summed E-state index contributed by atoms with van der Waals surface area (Å²) in [6.45, 7) is 6.22. The van der Waals surface area contributed by atoms with Gasteiger partial charge in [0.2, 0.25) is 5.91 Å². The van der Waals surface area contributed by atoms with E-state index < -0.39 is 5.97 Å². The van der Waals surface area contributed by atoms with Crippen LogP contribution in [-0.4, -0.2) is 46.1 Å². The van der Waals surface area contributed by atoms with Crippen LogP contribution in [0.15, 0.2) is 34.8 Å². The van der Waals surface area contributed by atoms with Gasteiger partial charge in [0.25, 0.3) is 0 Å². The molecule has 176 valence electrons. The first-order valence-electron chi connectivity index (χ1n) is 10.6. The van der Waals surface area contributed by atoms with E-state index in [0.717, 1.165) is 23.3 Å². The molecule has 0 atom stereocenters. The highest BCUT2D eigenvalue weighted by atomic mass is 32.2. The number of methoxy groups -OCH3 is 1. The zero-order chi connectivity index (χ0) is 24.0. The summed E-state index contributed by atoms with van der Waals surface area (Å²) in [6, 6.07) is 7.56. The average molecular weight is 489 g/mol. The number of benzene rings is 1. The summed E-state index contributed by atoms with van der Waals surface area (Å²) in [5, 5.41) is 14.4. The van der Waals surface area contributed by atoms with E-state index in [1.54, 1.807) is 14.0 Å². The number of anilines is 1. The second-order valence-corrected chi connectivity index (χ2v) is 9.54. The van der Waals surface area contributed by atoms with Crippen molar-refractivity contribution in [1.29, 1.82) is 0 Å².